The second-order valence-corrected chi connectivity index (χ2v) is 15.0. The number of hydrogen-bond acceptors (Lipinski definition) is 10. The zero-order chi connectivity index (χ0) is 43.8. The normalized spacial score (nSPS) is 17.6. The van der Waals surface area contributed by atoms with Crippen LogP contribution in [0.15, 0.2) is 91.0 Å². The van der Waals surface area contributed by atoms with Crippen LogP contribution >= 0.6 is 0 Å². The van der Waals surface area contributed by atoms with Crippen molar-refractivity contribution in [2.24, 2.45) is 5.92 Å². The van der Waals surface area contributed by atoms with Crippen LogP contribution in [-0.2, 0) is 35.2 Å². The number of ketones is 2. The van der Waals surface area contributed by atoms with Gasteiger partial charge >= 0.3 is 5.97 Å². The lowest BCUT2D eigenvalue weighted by atomic mass is 9.89. The zero-order valence-corrected chi connectivity index (χ0v) is 33.6. The number of aliphatic hydroxyl groups excluding tert-OH is 1. The average Bonchev–Trinajstić information content (AvgIpc) is 3.23. The molecule has 1 aliphatic heterocycles. The number of hydrogen-bond donors (Lipinski definition) is 6. The van der Waals surface area contributed by atoms with E-state index < -0.39 is 90.7 Å². The number of phenolic OH excluding ortho intramolecular Hbond substituents is 2. The van der Waals surface area contributed by atoms with Crippen LogP contribution in [-0.4, -0.2) is 110 Å². The zero-order valence-electron chi connectivity index (χ0n) is 33.6. The van der Waals surface area contributed by atoms with Gasteiger partial charge in [-0.25, -0.2) is 4.79 Å². The molecule has 1 aliphatic rings. The summed E-state index contributed by atoms with van der Waals surface area (Å²) in [4.78, 5) is 94.9. The van der Waals surface area contributed by atoms with Crippen LogP contribution in [0.1, 0.15) is 60.6 Å². The van der Waals surface area contributed by atoms with E-state index in [0.29, 0.717) is 5.56 Å². The summed E-state index contributed by atoms with van der Waals surface area (Å²) in [7, 11) is 2.70. The molecule has 0 spiro atoms. The first-order chi connectivity index (χ1) is 28.5. The van der Waals surface area contributed by atoms with Crippen molar-refractivity contribution in [3.8, 4) is 33.8 Å². The van der Waals surface area contributed by atoms with Gasteiger partial charge in [-0.1, -0.05) is 61.5 Å². The Morgan fingerprint density at radius 3 is 2.07 bits per heavy atom. The summed E-state index contributed by atoms with van der Waals surface area (Å²) in [6, 6.07) is 19.5. The highest BCUT2D eigenvalue weighted by molar-refractivity contribution is 5.99. The second kappa shape index (κ2) is 19.3. The van der Waals surface area contributed by atoms with Crippen LogP contribution in [0.25, 0.3) is 22.3 Å². The molecule has 15 nitrogen and oxygen atoms in total. The number of carbonyl (C=O) groups is 7. The summed E-state index contributed by atoms with van der Waals surface area (Å²) >= 11 is 0. The Balaban J connectivity index is 1.28. The molecule has 15 heteroatoms. The Hall–Kier alpha value is -6.87. The molecular formula is C45H48N4O11. The molecule has 0 aliphatic carbocycles. The van der Waals surface area contributed by atoms with E-state index in [2.05, 4.69) is 10.6 Å². The van der Waals surface area contributed by atoms with Crippen LogP contribution in [0.3, 0.4) is 0 Å². The molecule has 6 N–H and O–H groups in total. The molecule has 60 heavy (non-hydrogen) atoms. The minimum Gasteiger partial charge on any atom is -0.507 e. The van der Waals surface area contributed by atoms with Gasteiger partial charge < -0.3 is 40.9 Å². The fourth-order valence-corrected chi connectivity index (χ4v) is 7.07. The van der Waals surface area contributed by atoms with Gasteiger partial charge in [0, 0.05) is 62.4 Å². The smallest absolute Gasteiger partial charge is 0.326 e. The number of carbonyl (C=O) groups excluding carboxylic acids is 6. The number of benzene rings is 4. The van der Waals surface area contributed by atoms with E-state index in [-0.39, 0.29) is 46.6 Å². The average molecular weight is 821 g/mol. The SMILES string of the molecule is C[C@@H]1CC(=O)[C@@H](N(C)C(=O)CCC(=O)[C@@H](C)NC(=O)[C@@H](CO)N(C)C(=O)c2ccc(-c3ccccc3)cc2)c2ccc(O)c(c2)-c2cc(ccc2O)C[C@@H](C(=O)O)NC1=O. The van der Waals surface area contributed by atoms with E-state index >= 15 is 0 Å². The van der Waals surface area contributed by atoms with Crippen LogP contribution in [0, 0.1) is 5.92 Å². The second-order valence-electron chi connectivity index (χ2n) is 15.0. The number of aliphatic carboxylic acids is 1. The third kappa shape index (κ3) is 10.2. The summed E-state index contributed by atoms with van der Waals surface area (Å²) in [6.45, 7) is 2.11. The maximum Gasteiger partial charge on any atom is 0.326 e. The number of carboxylic acids is 1. The number of amides is 4. The van der Waals surface area contributed by atoms with Crippen LogP contribution in [0.4, 0.5) is 0 Å². The highest BCUT2D eigenvalue weighted by Crippen LogP contribution is 2.39. The number of aromatic hydroxyl groups is 2. The molecule has 0 saturated heterocycles. The minimum atomic E-state index is -1.37. The summed E-state index contributed by atoms with van der Waals surface area (Å²) in [6.07, 6.45) is -1.32. The Labute approximate surface area is 346 Å². The molecule has 0 unspecified atom stereocenters. The number of nitrogens with zero attached hydrogens (tertiary/aromatic N) is 2. The molecule has 5 atom stereocenters. The summed E-state index contributed by atoms with van der Waals surface area (Å²) in [5.41, 5.74) is 2.99. The van der Waals surface area contributed by atoms with Crippen molar-refractivity contribution >= 4 is 41.2 Å². The van der Waals surface area contributed by atoms with E-state index in [0.717, 1.165) is 20.9 Å². The molecular weight excluding hydrogens is 773 g/mol. The van der Waals surface area contributed by atoms with E-state index in [9.17, 15) is 54.0 Å². The summed E-state index contributed by atoms with van der Waals surface area (Å²) in [5, 5.41) is 46.6. The lowest BCUT2D eigenvalue weighted by Crippen LogP contribution is -2.53. The van der Waals surface area contributed by atoms with Crippen molar-refractivity contribution in [2.75, 3.05) is 20.7 Å². The quantitative estimate of drug-likeness (QED) is 0.121. The summed E-state index contributed by atoms with van der Waals surface area (Å²) in [5.74, 6) is -6.69. The van der Waals surface area contributed by atoms with Crippen LogP contribution < -0.4 is 10.6 Å². The van der Waals surface area contributed by atoms with Gasteiger partial charge in [-0.15, -0.1) is 0 Å². The number of fused-ring (bicyclic) bond motifs is 5. The number of rotatable bonds is 12. The Bertz CT molecular complexity index is 2280. The minimum absolute atomic E-state index is 0.0979. The first-order valence-corrected chi connectivity index (χ1v) is 19.3. The van der Waals surface area contributed by atoms with E-state index in [1.54, 1.807) is 24.3 Å². The first kappa shape index (κ1) is 44.2. The van der Waals surface area contributed by atoms with Gasteiger partial charge in [-0.05, 0) is 65.6 Å². The first-order valence-electron chi connectivity index (χ1n) is 19.3. The molecule has 0 aromatic heterocycles. The van der Waals surface area contributed by atoms with Crippen molar-refractivity contribution in [2.45, 2.75) is 63.7 Å². The fourth-order valence-electron chi connectivity index (χ4n) is 7.07. The number of nitrogens with one attached hydrogen (secondary N) is 2. The third-order valence-electron chi connectivity index (χ3n) is 10.7. The molecule has 0 radical (unpaired) electrons. The number of carboxylic acid groups (broad SMARTS) is 1. The largest absolute Gasteiger partial charge is 0.507 e. The van der Waals surface area contributed by atoms with Crippen LogP contribution in [0.2, 0.25) is 0 Å². The van der Waals surface area contributed by atoms with Gasteiger partial charge in [-0.3, -0.25) is 28.8 Å². The Morgan fingerprint density at radius 2 is 1.43 bits per heavy atom. The third-order valence-corrected chi connectivity index (χ3v) is 10.7. The lowest BCUT2D eigenvalue weighted by molar-refractivity contribution is -0.143. The molecule has 4 bridgehead atoms. The van der Waals surface area contributed by atoms with Crippen molar-refractivity contribution in [3.05, 3.63) is 108 Å². The van der Waals surface area contributed by atoms with Gasteiger partial charge in [0.05, 0.1) is 12.6 Å². The highest BCUT2D eigenvalue weighted by Gasteiger charge is 2.34. The molecule has 4 amide bonds. The molecule has 0 fully saturated rings. The Kier molecular flexibility index (Phi) is 14.2. The van der Waals surface area contributed by atoms with Crippen molar-refractivity contribution in [1.29, 1.82) is 0 Å². The van der Waals surface area contributed by atoms with Crippen molar-refractivity contribution < 1.29 is 54.0 Å². The molecule has 4 aromatic carbocycles. The molecule has 4 aromatic rings. The van der Waals surface area contributed by atoms with E-state index in [4.69, 9.17) is 0 Å². The summed E-state index contributed by atoms with van der Waals surface area (Å²) < 4.78 is 0. The van der Waals surface area contributed by atoms with Crippen molar-refractivity contribution in [1.82, 2.24) is 20.4 Å². The predicted octanol–water partition coefficient (Wildman–Crippen LogP) is 3.64. The van der Waals surface area contributed by atoms with E-state index in [1.807, 2.05) is 30.3 Å². The van der Waals surface area contributed by atoms with Gasteiger partial charge in [0.15, 0.2) is 11.6 Å². The monoisotopic (exact) mass is 820 g/mol. The van der Waals surface area contributed by atoms with Gasteiger partial charge in [0.2, 0.25) is 17.7 Å². The van der Waals surface area contributed by atoms with E-state index in [1.165, 1.54) is 64.3 Å². The van der Waals surface area contributed by atoms with Gasteiger partial charge in [0.25, 0.3) is 5.91 Å². The highest BCUT2D eigenvalue weighted by atomic mass is 16.4. The topological polar surface area (TPSA) is 231 Å². The lowest BCUT2D eigenvalue weighted by Gasteiger charge is -2.30. The van der Waals surface area contributed by atoms with Crippen LogP contribution in [0.5, 0.6) is 11.5 Å². The number of likely N-dealkylation sites (N-methyl/N-ethyl adjacent to an activating group) is 2. The van der Waals surface area contributed by atoms with Gasteiger partial charge in [-0.2, -0.15) is 0 Å². The molecule has 0 saturated carbocycles. The molecule has 1 heterocycles. The standard InChI is InChI=1S/C45H48N4O11/c1-25-20-39(54)41(31-15-17-38(53)33(23-31)32-21-27(10-16-37(32)52)22-34(45(59)60)47-42(25)56)49(4)40(55)19-18-36(51)26(2)46-43(57)35(24-50)48(3)44(58)30-13-11-29(12-14-30)28-8-6-5-7-9-28/h5-17,21,23,25-26,34-35,41,50,52-53H,18-20,22,24H2,1-4H3,(H,46,57)(H,47,56)(H,59,60)/t25-,26-,34+,35-,41+/m1/s1. The van der Waals surface area contributed by atoms with Crippen molar-refractivity contribution in [3.63, 3.8) is 0 Å². The molecule has 5 rings (SSSR count). The fraction of sp³-hybridized carbons (Fsp3) is 0.311. The number of Topliss-reactive ketones (excluding diaryl/α,β-unsaturated/α-hetero) is 2. The Morgan fingerprint density at radius 1 is 0.817 bits per heavy atom. The number of phenols is 2. The van der Waals surface area contributed by atoms with Gasteiger partial charge in [0.1, 0.15) is 29.6 Å². The number of aliphatic hydroxyl groups is 1. The maximum atomic E-state index is 14.0. The predicted molar refractivity (Wildman–Crippen MR) is 219 cm³/mol. The maximum absolute atomic E-state index is 14.0. The molecule has 314 valence electrons.